The predicted molar refractivity (Wildman–Crippen MR) is 71.7 cm³/mol. The van der Waals surface area contributed by atoms with Gasteiger partial charge in [0.15, 0.2) is 5.92 Å². The van der Waals surface area contributed by atoms with Gasteiger partial charge in [-0.2, -0.15) is 10.2 Å². The molecule has 1 aliphatic heterocycles. The molecule has 8 heteroatoms. The van der Waals surface area contributed by atoms with E-state index in [1.165, 1.54) is 18.5 Å². The molecule has 98 valence electrons. The number of aromatic hydroxyl groups is 1. The van der Waals surface area contributed by atoms with E-state index >= 15 is 0 Å². The Labute approximate surface area is 116 Å². The molecule has 0 bridgehead atoms. The van der Waals surface area contributed by atoms with E-state index in [0.717, 1.165) is 4.47 Å². The van der Waals surface area contributed by atoms with Gasteiger partial charge in [-0.05, 0) is 18.2 Å². The number of nitrogens with one attached hydrogen (secondary N) is 2. The number of nitrogens with zero attached hydrogens (tertiary/aromatic N) is 2. The fourth-order valence-electron chi connectivity index (χ4n) is 1.36. The van der Waals surface area contributed by atoms with Gasteiger partial charge in [-0.1, -0.05) is 15.9 Å². The first-order chi connectivity index (χ1) is 9.08. The van der Waals surface area contributed by atoms with Crippen molar-refractivity contribution in [3.8, 4) is 5.75 Å². The van der Waals surface area contributed by atoms with Crippen LogP contribution in [0, 0.1) is 5.92 Å². The number of rotatable bonds is 3. The van der Waals surface area contributed by atoms with Gasteiger partial charge in [0.05, 0.1) is 6.21 Å². The third kappa shape index (κ3) is 3.16. The van der Waals surface area contributed by atoms with E-state index in [2.05, 4.69) is 37.0 Å². The average Bonchev–Trinajstić information content (AvgIpc) is 2.80. The van der Waals surface area contributed by atoms with Gasteiger partial charge < -0.3 is 5.11 Å². The number of hydrazone groups is 2. The standard InChI is InChI=1S/C11H9BrN4O3/c12-7-1-2-9(17)6(3-7)4-13-15-10(18)8-5-14-16-11(8)19/h1-5,8,17H,(H,15,18)(H,16,19)/b13-4-/t8-/m0/s1. The number of amides is 2. The zero-order valence-corrected chi connectivity index (χ0v) is 11.1. The molecule has 1 aromatic rings. The molecule has 1 aliphatic rings. The van der Waals surface area contributed by atoms with Crippen LogP contribution in [0.2, 0.25) is 0 Å². The molecule has 0 spiro atoms. The van der Waals surface area contributed by atoms with Crippen LogP contribution in [0.3, 0.4) is 0 Å². The van der Waals surface area contributed by atoms with Crippen LogP contribution >= 0.6 is 15.9 Å². The Kier molecular flexibility index (Phi) is 3.91. The predicted octanol–water partition coefficient (Wildman–Crippen LogP) is 0.337. The lowest BCUT2D eigenvalue weighted by Crippen LogP contribution is -2.34. The minimum absolute atomic E-state index is 0.0290. The largest absolute Gasteiger partial charge is 0.507 e. The fourth-order valence-corrected chi connectivity index (χ4v) is 1.74. The van der Waals surface area contributed by atoms with Gasteiger partial charge in [0.1, 0.15) is 5.75 Å². The van der Waals surface area contributed by atoms with Crippen molar-refractivity contribution in [3.05, 3.63) is 28.2 Å². The maximum atomic E-state index is 11.5. The second-order valence-electron chi connectivity index (χ2n) is 3.67. The molecule has 0 unspecified atom stereocenters. The topological polar surface area (TPSA) is 103 Å². The van der Waals surface area contributed by atoms with E-state index in [1.54, 1.807) is 12.1 Å². The first kappa shape index (κ1) is 13.2. The van der Waals surface area contributed by atoms with E-state index in [1.807, 2.05) is 0 Å². The van der Waals surface area contributed by atoms with Crippen LogP contribution in [-0.2, 0) is 9.59 Å². The molecule has 19 heavy (non-hydrogen) atoms. The first-order valence-electron chi connectivity index (χ1n) is 5.22. The number of carbonyl (C=O) groups is 2. The summed E-state index contributed by atoms with van der Waals surface area (Å²) in [5.74, 6) is -2.04. The van der Waals surface area contributed by atoms with Gasteiger partial charge >= 0.3 is 0 Å². The van der Waals surface area contributed by atoms with Gasteiger partial charge in [-0.25, -0.2) is 10.9 Å². The van der Waals surface area contributed by atoms with Crippen molar-refractivity contribution in [2.24, 2.45) is 16.1 Å². The third-order valence-corrected chi connectivity index (χ3v) is 2.82. The Morgan fingerprint density at radius 1 is 1.58 bits per heavy atom. The van der Waals surface area contributed by atoms with Gasteiger partial charge in [0, 0.05) is 16.3 Å². The van der Waals surface area contributed by atoms with Crippen LogP contribution in [0.25, 0.3) is 0 Å². The summed E-state index contributed by atoms with van der Waals surface area (Å²) in [6.45, 7) is 0. The molecule has 0 saturated heterocycles. The molecule has 3 N–H and O–H groups in total. The van der Waals surface area contributed by atoms with Gasteiger partial charge in [-0.3, -0.25) is 9.59 Å². The highest BCUT2D eigenvalue weighted by molar-refractivity contribution is 9.10. The van der Waals surface area contributed by atoms with Crippen molar-refractivity contribution in [1.82, 2.24) is 10.9 Å². The van der Waals surface area contributed by atoms with Crippen LogP contribution in [0.15, 0.2) is 32.9 Å². The maximum absolute atomic E-state index is 11.5. The molecule has 1 atom stereocenters. The normalized spacial score (nSPS) is 17.7. The van der Waals surface area contributed by atoms with E-state index < -0.39 is 17.7 Å². The Balaban J connectivity index is 2.00. The summed E-state index contributed by atoms with van der Waals surface area (Å²) in [5.41, 5.74) is 4.78. The smallest absolute Gasteiger partial charge is 0.258 e. The summed E-state index contributed by atoms with van der Waals surface area (Å²) >= 11 is 3.25. The second-order valence-corrected chi connectivity index (χ2v) is 4.58. The molecule has 1 aromatic carbocycles. The summed E-state index contributed by atoms with van der Waals surface area (Å²) in [4.78, 5) is 22.7. The lowest BCUT2D eigenvalue weighted by Gasteiger charge is -2.02. The molecule has 0 radical (unpaired) electrons. The molecular weight excluding hydrogens is 316 g/mol. The SMILES string of the molecule is O=C1NN=C[C@H]1C(=O)N/N=C\c1cc(Br)ccc1O. The zero-order chi connectivity index (χ0) is 13.8. The number of hydrogen-bond donors (Lipinski definition) is 3. The Morgan fingerprint density at radius 3 is 3.05 bits per heavy atom. The second kappa shape index (κ2) is 5.61. The highest BCUT2D eigenvalue weighted by Gasteiger charge is 2.28. The number of hydrogen-bond acceptors (Lipinski definition) is 5. The summed E-state index contributed by atoms with van der Waals surface area (Å²) in [6, 6.07) is 4.80. The van der Waals surface area contributed by atoms with Crippen molar-refractivity contribution >= 4 is 40.2 Å². The Bertz CT molecular complexity index is 585. The van der Waals surface area contributed by atoms with Crippen molar-refractivity contribution in [2.45, 2.75) is 0 Å². The zero-order valence-electron chi connectivity index (χ0n) is 9.50. The number of carbonyl (C=O) groups excluding carboxylic acids is 2. The van der Waals surface area contributed by atoms with Crippen LogP contribution in [0.4, 0.5) is 0 Å². The summed E-state index contributed by atoms with van der Waals surface area (Å²) < 4.78 is 0.764. The van der Waals surface area contributed by atoms with Crippen molar-refractivity contribution in [3.63, 3.8) is 0 Å². The lowest BCUT2D eigenvalue weighted by atomic mass is 10.1. The number of halogens is 1. The molecule has 2 amide bonds. The van der Waals surface area contributed by atoms with Gasteiger partial charge in [0.25, 0.3) is 11.8 Å². The van der Waals surface area contributed by atoms with E-state index in [0.29, 0.717) is 5.56 Å². The molecule has 7 nitrogen and oxygen atoms in total. The quantitative estimate of drug-likeness (QED) is 0.424. The molecule has 0 fully saturated rings. The molecule has 0 aromatic heterocycles. The third-order valence-electron chi connectivity index (χ3n) is 2.33. The summed E-state index contributed by atoms with van der Waals surface area (Å²) in [5, 5.41) is 16.7. The maximum Gasteiger partial charge on any atom is 0.258 e. The van der Waals surface area contributed by atoms with Gasteiger partial charge in [-0.15, -0.1) is 0 Å². The van der Waals surface area contributed by atoms with Crippen LogP contribution in [-0.4, -0.2) is 29.4 Å². The fraction of sp³-hybridized carbons (Fsp3) is 0.0909. The highest BCUT2D eigenvalue weighted by atomic mass is 79.9. The van der Waals surface area contributed by atoms with E-state index in [-0.39, 0.29) is 5.75 Å². The minimum Gasteiger partial charge on any atom is -0.507 e. The molecule has 0 saturated carbocycles. The van der Waals surface area contributed by atoms with Crippen LogP contribution < -0.4 is 10.9 Å². The van der Waals surface area contributed by atoms with Crippen LogP contribution in [0.5, 0.6) is 5.75 Å². The Morgan fingerprint density at radius 2 is 2.37 bits per heavy atom. The van der Waals surface area contributed by atoms with Crippen molar-refractivity contribution < 1.29 is 14.7 Å². The molecule has 0 aliphatic carbocycles. The Hall–Kier alpha value is -2.22. The van der Waals surface area contributed by atoms with E-state index in [9.17, 15) is 14.7 Å². The number of phenols is 1. The lowest BCUT2D eigenvalue weighted by molar-refractivity contribution is -0.131. The molecule has 1 heterocycles. The average molecular weight is 325 g/mol. The number of phenolic OH excluding ortho intramolecular Hbond substituents is 1. The highest BCUT2D eigenvalue weighted by Crippen LogP contribution is 2.19. The van der Waals surface area contributed by atoms with Gasteiger partial charge in [0.2, 0.25) is 0 Å². The summed E-state index contributed by atoms with van der Waals surface area (Å²) in [6.07, 6.45) is 2.48. The number of benzene rings is 1. The summed E-state index contributed by atoms with van der Waals surface area (Å²) in [7, 11) is 0. The first-order valence-corrected chi connectivity index (χ1v) is 6.01. The van der Waals surface area contributed by atoms with Crippen molar-refractivity contribution in [2.75, 3.05) is 0 Å². The van der Waals surface area contributed by atoms with E-state index in [4.69, 9.17) is 0 Å². The molecule has 2 rings (SSSR count). The molecular formula is C11H9BrN4O3. The monoisotopic (exact) mass is 324 g/mol. The van der Waals surface area contributed by atoms with Crippen molar-refractivity contribution in [1.29, 1.82) is 0 Å². The minimum atomic E-state index is -0.978. The van der Waals surface area contributed by atoms with Crippen LogP contribution in [0.1, 0.15) is 5.56 Å².